The molecule has 0 bridgehead atoms. The van der Waals surface area contributed by atoms with Gasteiger partial charge in [-0.2, -0.15) is 0 Å². The molecule has 154 valence electrons. The van der Waals surface area contributed by atoms with Gasteiger partial charge in [-0.3, -0.25) is 0 Å². The molecule has 0 spiro atoms. The molecule has 0 aliphatic rings. The second-order valence-corrected chi connectivity index (χ2v) is 11.7. The summed E-state index contributed by atoms with van der Waals surface area (Å²) in [7, 11) is -7.55. The number of hydrogen-bond donors (Lipinski definition) is 1. The molecule has 0 aliphatic carbocycles. The Morgan fingerprint density at radius 3 is 2.28 bits per heavy atom. The molecule has 29 heavy (non-hydrogen) atoms. The predicted octanol–water partition coefficient (Wildman–Crippen LogP) is 3.51. The van der Waals surface area contributed by atoms with Gasteiger partial charge in [-0.1, -0.05) is 18.2 Å². The summed E-state index contributed by atoms with van der Waals surface area (Å²) in [5, 5.41) is 0. The van der Waals surface area contributed by atoms with Crippen LogP contribution in [-0.4, -0.2) is 29.7 Å². The number of sulfone groups is 2. The van der Waals surface area contributed by atoms with Gasteiger partial charge in [0.05, 0.1) is 16.4 Å². The largest absolute Gasteiger partial charge is 0.493 e. The number of benzene rings is 2. The molecule has 3 rings (SSSR count). The van der Waals surface area contributed by atoms with E-state index in [1.807, 2.05) is 6.92 Å². The van der Waals surface area contributed by atoms with Crippen molar-refractivity contribution in [2.75, 3.05) is 12.9 Å². The van der Waals surface area contributed by atoms with E-state index < -0.39 is 19.7 Å². The molecule has 0 atom stereocenters. The monoisotopic (exact) mass is 451 g/mol. The van der Waals surface area contributed by atoms with Gasteiger partial charge >= 0.3 is 0 Å². The minimum absolute atomic E-state index is 0.0736. The fourth-order valence-corrected chi connectivity index (χ4v) is 6.27. The third-order valence-corrected chi connectivity index (χ3v) is 8.64. The van der Waals surface area contributed by atoms with Crippen molar-refractivity contribution in [1.82, 2.24) is 0 Å². The lowest BCUT2D eigenvalue weighted by Gasteiger charge is -2.13. The number of nitrogens with two attached hydrogens (primary N) is 1. The number of ether oxygens (including phenoxy) is 1. The molecule has 6 nitrogen and oxygen atoms in total. The summed E-state index contributed by atoms with van der Waals surface area (Å²) in [6, 6.07) is 14.4. The Labute approximate surface area is 174 Å². The smallest absolute Gasteiger partial charge is 0.216 e. The first-order valence-electron chi connectivity index (χ1n) is 8.78. The lowest BCUT2D eigenvalue weighted by molar-refractivity contribution is 0.341. The second-order valence-electron chi connectivity index (χ2n) is 6.32. The molecular weight excluding hydrogens is 430 g/mol. The van der Waals surface area contributed by atoms with Gasteiger partial charge in [-0.25, -0.2) is 16.8 Å². The molecule has 0 unspecified atom stereocenters. The maximum absolute atomic E-state index is 13.2. The normalized spacial score (nSPS) is 12.1. The number of hydrogen-bond acceptors (Lipinski definition) is 7. The Hall–Kier alpha value is -2.20. The summed E-state index contributed by atoms with van der Waals surface area (Å²) in [6.45, 7) is 2.49. The number of rotatable bonds is 7. The van der Waals surface area contributed by atoms with Gasteiger partial charge in [0.25, 0.3) is 0 Å². The number of para-hydroxylation sites is 1. The van der Waals surface area contributed by atoms with Crippen LogP contribution in [0.2, 0.25) is 0 Å². The first kappa shape index (κ1) is 21.5. The summed E-state index contributed by atoms with van der Waals surface area (Å²) in [5.74, 6) is 0.547. The molecule has 0 aliphatic heterocycles. The van der Waals surface area contributed by atoms with Crippen LogP contribution in [0, 0.1) is 0 Å². The van der Waals surface area contributed by atoms with Crippen LogP contribution in [0.3, 0.4) is 0 Å². The van der Waals surface area contributed by atoms with Crippen LogP contribution in [0.1, 0.15) is 11.8 Å². The number of thiophene rings is 1. The molecular formula is C20H21NO5S3. The van der Waals surface area contributed by atoms with E-state index in [-0.39, 0.29) is 20.5 Å². The van der Waals surface area contributed by atoms with Crippen LogP contribution in [0.25, 0.3) is 11.1 Å². The van der Waals surface area contributed by atoms with Crippen molar-refractivity contribution in [1.29, 1.82) is 0 Å². The molecule has 1 heterocycles. The van der Waals surface area contributed by atoms with E-state index in [4.69, 9.17) is 10.5 Å². The van der Waals surface area contributed by atoms with Crippen LogP contribution in [0.4, 0.5) is 0 Å². The highest BCUT2D eigenvalue weighted by atomic mass is 32.2. The molecule has 2 aromatic carbocycles. The quantitative estimate of drug-likeness (QED) is 0.590. The second kappa shape index (κ2) is 8.27. The molecule has 1 aromatic heterocycles. The fraction of sp³-hybridized carbons (Fsp3) is 0.200. The highest BCUT2D eigenvalue weighted by Crippen LogP contribution is 2.36. The van der Waals surface area contributed by atoms with E-state index in [0.717, 1.165) is 22.5 Å². The Kier molecular flexibility index (Phi) is 6.13. The van der Waals surface area contributed by atoms with Crippen LogP contribution >= 0.6 is 11.3 Å². The third kappa shape index (κ3) is 4.53. The molecule has 2 N–H and O–H groups in total. The fourth-order valence-electron chi connectivity index (χ4n) is 2.81. The minimum Gasteiger partial charge on any atom is -0.493 e. The van der Waals surface area contributed by atoms with E-state index in [2.05, 4.69) is 0 Å². The van der Waals surface area contributed by atoms with Crippen molar-refractivity contribution in [3.8, 4) is 16.9 Å². The van der Waals surface area contributed by atoms with Crippen molar-refractivity contribution in [3.63, 3.8) is 0 Å². The van der Waals surface area contributed by atoms with Crippen molar-refractivity contribution in [2.24, 2.45) is 5.73 Å². The predicted molar refractivity (Wildman–Crippen MR) is 114 cm³/mol. The zero-order valence-corrected chi connectivity index (χ0v) is 18.4. The van der Waals surface area contributed by atoms with Crippen LogP contribution in [-0.2, 0) is 26.2 Å². The Morgan fingerprint density at radius 2 is 1.66 bits per heavy atom. The maximum Gasteiger partial charge on any atom is 0.216 e. The van der Waals surface area contributed by atoms with E-state index in [9.17, 15) is 16.8 Å². The highest BCUT2D eigenvalue weighted by molar-refractivity contribution is 7.93. The van der Waals surface area contributed by atoms with Gasteiger partial charge in [-0.05, 0) is 48.9 Å². The Morgan fingerprint density at radius 1 is 0.966 bits per heavy atom. The average molecular weight is 452 g/mol. The molecule has 0 fully saturated rings. The van der Waals surface area contributed by atoms with Crippen LogP contribution in [0.5, 0.6) is 5.75 Å². The summed E-state index contributed by atoms with van der Waals surface area (Å²) in [6.07, 6.45) is 1.05. The van der Waals surface area contributed by atoms with Crippen LogP contribution in [0.15, 0.2) is 68.6 Å². The summed E-state index contributed by atoms with van der Waals surface area (Å²) in [4.78, 5) is 0.562. The minimum atomic E-state index is -3.91. The summed E-state index contributed by atoms with van der Waals surface area (Å²) < 4.78 is 56.6. The first-order valence-corrected chi connectivity index (χ1v) is 13.0. The third-order valence-electron chi connectivity index (χ3n) is 4.22. The summed E-state index contributed by atoms with van der Waals surface area (Å²) >= 11 is 1.07. The van der Waals surface area contributed by atoms with Gasteiger partial charge in [0, 0.05) is 23.2 Å². The van der Waals surface area contributed by atoms with Crippen molar-refractivity contribution in [2.45, 2.75) is 27.5 Å². The molecule has 0 radical (unpaired) electrons. The maximum atomic E-state index is 13.2. The first-order chi connectivity index (χ1) is 13.7. The zero-order chi connectivity index (χ0) is 21.2. The van der Waals surface area contributed by atoms with E-state index >= 15 is 0 Å². The Bertz CT molecular complexity index is 1240. The van der Waals surface area contributed by atoms with E-state index in [0.29, 0.717) is 23.5 Å². The van der Waals surface area contributed by atoms with Crippen molar-refractivity contribution >= 4 is 31.0 Å². The van der Waals surface area contributed by atoms with Gasteiger partial charge in [0.2, 0.25) is 9.84 Å². The molecule has 9 heteroatoms. The molecule has 0 saturated heterocycles. The van der Waals surface area contributed by atoms with Gasteiger partial charge in [0.15, 0.2) is 9.84 Å². The molecule has 0 saturated carbocycles. The molecule has 0 amide bonds. The van der Waals surface area contributed by atoms with Crippen molar-refractivity contribution < 1.29 is 21.6 Å². The van der Waals surface area contributed by atoms with E-state index in [1.54, 1.807) is 30.3 Å². The molecule has 3 aromatic rings. The Balaban J connectivity index is 2.25. The van der Waals surface area contributed by atoms with Gasteiger partial charge in [-0.15, -0.1) is 11.3 Å². The zero-order valence-electron chi connectivity index (χ0n) is 16.0. The average Bonchev–Trinajstić information content (AvgIpc) is 3.18. The van der Waals surface area contributed by atoms with E-state index in [1.165, 1.54) is 24.3 Å². The highest BCUT2D eigenvalue weighted by Gasteiger charge is 2.24. The summed E-state index contributed by atoms with van der Waals surface area (Å²) in [5.41, 5.74) is 6.66. The lowest BCUT2D eigenvalue weighted by Crippen LogP contribution is -2.05. The van der Waals surface area contributed by atoms with Gasteiger partial charge in [0.1, 0.15) is 9.96 Å². The van der Waals surface area contributed by atoms with Crippen LogP contribution < -0.4 is 10.5 Å². The SMILES string of the molecule is CCOc1ccccc1-c1cc(S(C)(=O)=O)cc(S(=O)(=O)c2ccc(CN)s2)c1. The standard InChI is InChI=1S/C20H21NO5S3/c1-3-26-19-7-5-4-6-18(19)14-10-16(28(2,22)23)12-17(11-14)29(24,25)20-9-8-15(13-21)27-20/h4-12H,3,13,21H2,1-2H3. The lowest BCUT2D eigenvalue weighted by atomic mass is 10.0. The topological polar surface area (TPSA) is 104 Å². The van der Waals surface area contributed by atoms with Crippen molar-refractivity contribution in [3.05, 3.63) is 59.5 Å². The van der Waals surface area contributed by atoms with Gasteiger partial charge < -0.3 is 10.5 Å².